The summed E-state index contributed by atoms with van der Waals surface area (Å²) in [6, 6.07) is 4.62. The van der Waals surface area contributed by atoms with E-state index < -0.39 is 0 Å². The van der Waals surface area contributed by atoms with Gasteiger partial charge in [0.05, 0.1) is 0 Å². The van der Waals surface area contributed by atoms with E-state index in [1.54, 1.807) is 5.56 Å². The number of benzene rings is 1. The van der Waals surface area contributed by atoms with Crippen molar-refractivity contribution in [2.75, 3.05) is 13.1 Å². The second-order valence-corrected chi connectivity index (χ2v) is 4.94. The van der Waals surface area contributed by atoms with Gasteiger partial charge in [-0.25, -0.2) is 0 Å². The van der Waals surface area contributed by atoms with Gasteiger partial charge in [-0.2, -0.15) is 0 Å². The molecule has 1 atom stereocenters. The van der Waals surface area contributed by atoms with Crippen LogP contribution >= 0.6 is 0 Å². The van der Waals surface area contributed by atoms with E-state index in [9.17, 15) is 0 Å². The van der Waals surface area contributed by atoms with Crippen molar-refractivity contribution in [2.45, 2.75) is 33.6 Å². The Balaban J connectivity index is 2.19. The zero-order chi connectivity index (χ0) is 10.8. The molecule has 82 valence electrons. The fourth-order valence-corrected chi connectivity index (χ4v) is 2.71. The van der Waals surface area contributed by atoms with Crippen LogP contribution in [0, 0.1) is 26.7 Å². The lowest BCUT2D eigenvalue weighted by Crippen LogP contribution is -2.12. The van der Waals surface area contributed by atoms with Crippen LogP contribution in [0.25, 0.3) is 0 Å². The Hall–Kier alpha value is -0.820. The van der Waals surface area contributed by atoms with Crippen LogP contribution in [-0.4, -0.2) is 13.1 Å². The van der Waals surface area contributed by atoms with E-state index in [-0.39, 0.29) is 0 Å². The third-order valence-corrected chi connectivity index (χ3v) is 3.50. The summed E-state index contributed by atoms with van der Waals surface area (Å²) in [5, 5.41) is 3.44. The predicted molar refractivity (Wildman–Crippen MR) is 65.3 cm³/mol. The van der Waals surface area contributed by atoms with Crippen LogP contribution < -0.4 is 5.32 Å². The Labute approximate surface area is 92.9 Å². The summed E-state index contributed by atoms with van der Waals surface area (Å²) >= 11 is 0. The maximum atomic E-state index is 3.44. The molecule has 1 saturated heterocycles. The minimum Gasteiger partial charge on any atom is -0.316 e. The van der Waals surface area contributed by atoms with Crippen molar-refractivity contribution in [3.05, 3.63) is 34.4 Å². The van der Waals surface area contributed by atoms with Gasteiger partial charge in [-0.15, -0.1) is 0 Å². The van der Waals surface area contributed by atoms with Gasteiger partial charge in [0.1, 0.15) is 0 Å². The fourth-order valence-electron chi connectivity index (χ4n) is 2.71. The van der Waals surface area contributed by atoms with E-state index in [2.05, 4.69) is 38.2 Å². The smallest absolute Gasteiger partial charge is 0.00169 e. The molecule has 0 aromatic heterocycles. The van der Waals surface area contributed by atoms with Crippen molar-refractivity contribution in [3.63, 3.8) is 0 Å². The highest BCUT2D eigenvalue weighted by molar-refractivity contribution is 5.37. The van der Waals surface area contributed by atoms with Crippen molar-refractivity contribution < 1.29 is 0 Å². The first-order chi connectivity index (χ1) is 7.16. The summed E-state index contributed by atoms with van der Waals surface area (Å²) in [5.41, 5.74) is 5.91. The monoisotopic (exact) mass is 203 g/mol. The minimum atomic E-state index is 0.852. The first-order valence-electron chi connectivity index (χ1n) is 5.94. The highest BCUT2D eigenvalue weighted by atomic mass is 14.9. The van der Waals surface area contributed by atoms with Crippen LogP contribution in [0.2, 0.25) is 0 Å². The molecular formula is C14H21N. The fraction of sp³-hybridized carbons (Fsp3) is 0.571. The topological polar surface area (TPSA) is 12.0 Å². The quantitative estimate of drug-likeness (QED) is 0.779. The third kappa shape index (κ3) is 2.40. The molecule has 1 heteroatoms. The molecule has 15 heavy (non-hydrogen) atoms. The SMILES string of the molecule is Cc1cc(C)c(CC2CCNC2)c(C)c1. The molecule has 0 radical (unpaired) electrons. The van der Waals surface area contributed by atoms with E-state index in [0.717, 1.165) is 5.92 Å². The van der Waals surface area contributed by atoms with E-state index >= 15 is 0 Å². The normalized spacial score (nSPS) is 20.9. The molecule has 1 fully saturated rings. The van der Waals surface area contributed by atoms with Crippen LogP contribution in [0.3, 0.4) is 0 Å². The van der Waals surface area contributed by atoms with Gasteiger partial charge >= 0.3 is 0 Å². The molecule has 1 aliphatic heterocycles. The van der Waals surface area contributed by atoms with Gasteiger partial charge in [0, 0.05) is 0 Å². The molecule has 0 bridgehead atoms. The Morgan fingerprint density at radius 1 is 1.20 bits per heavy atom. The Morgan fingerprint density at radius 3 is 2.40 bits per heavy atom. The van der Waals surface area contributed by atoms with E-state index in [1.165, 1.54) is 42.6 Å². The van der Waals surface area contributed by atoms with Crippen molar-refractivity contribution in [2.24, 2.45) is 5.92 Å². The molecule has 1 nitrogen and oxygen atoms in total. The van der Waals surface area contributed by atoms with Gasteiger partial charge in [0.2, 0.25) is 0 Å². The molecule has 1 N–H and O–H groups in total. The van der Waals surface area contributed by atoms with E-state index in [4.69, 9.17) is 0 Å². The van der Waals surface area contributed by atoms with Crippen LogP contribution in [0.1, 0.15) is 28.7 Å². The van der Waals surface area contributed by atoms with Crippen LogP contribution in [-0.2, 0) is 6.42 Å². The lowest BCUT2D eigenvalue weighted by molar-refractivity contribution is 0.577. The highest BCUT2D eigenvalue weighted by Crippen LogP contribution is 2.22. The summed E-state index contributed by atoms with van der Waals surface area (Å²) in [6.07, 6.45) is 2.59. The van der Waals surface area contributed by atoms with Gasteiger partial charge in [-0.1, -0.05) is 17.7 Å². The predicted octanol–water partition coefficient (Wildman–Crippen LogP) is 2.76. The molecule has 0 aliphatic carbocycles. The lowest BCUT2D eigenvalue weighted by Gasteiger charge is -2.14. The molecule has 0 amide bonds. The lowest BCUT2D eigenvalue weighted by atomic mass is 9.91. The Kier molecular flexibility index (Phi) is 3.11. The standard InChI is InChI=1S/C14H21N/c1-10-6-11(2)14(12(3)7-10)8-13-4-5-15-9-13/h6-7,13,15H,4-5,8-9H2,1-3H3. The molecule has 1 aromatic carbocycles. The van der Waals surface area contributed by atoms with Crippen LogP contribution in [0.15, 0.2) is 12.1 Å². The zero-order valence-electron chi connectivity index (χ0n) is 10.1. The van der Waals surface area contributed by atoms with Gasteiger partial charge in [0.25, 0.3) is 0 Å². The molecule has 2 rings (SSSR count). The molecular weight excluding hydrogens is 182 g/mol. The third-order valence-electron chi connectivity index (χ3n) is 3.50. The summed E-state index contributed by atoms with van der Waals surface area (Å²) in [4.78, 5) is 0. The first-order valence-corrected chi connectivity index (χ1v) is 5.94. The second kappa shape index (κ2) is 4.36. The highest BCUT2D eigenvalue weighted by Gasteiger charge is 2.16. The first kappa shape index (κ1) is 10.7. The van der Waals surface area contributed by atoms with Gasteiger partial charge in [-0.3, -0.25) is 0 Å². The van der Waals surface area contributed by atoms with Crippen molar-refractivity contribution in [1.82, 2.24) is 5.32 Å². The summed E-state index contributed by atoms with van der Waals surface area (Å²) < 4.78 is 0. The Morgan fingerprint density at radius 2 is 1.87 bits per heavy atom. The van der Waals surface area contributed by atoms with Crippen molar-refractivity contribution >= 4 is 0 Å². The molecule has 1 aliphatic rings. The maximum Gasteiger partial charge on any atom is -0.00169 e. The number of aryl methyl sites for hydroxylation is 3. The summed E-state index contributed by atoms with van der Waals surface area (Å²) in [5.74, 6) is 0.852. The molecule has 0 spiro atoms. The minimum absolute atomic E-state index is 0.852. The van der Waals surface area contributed by atoms with Gasteiger partial charge < -0.3 is 5.32 Å². The molecule has 1 heterocycles. The summed E-state index contributed by atoms with van der Waals surface area (Å²) in [7, 11) is 0. The van der Waals surface area contributed by atoms with Gasteiger partial charge in [0.15, 0.2) is 0 Å². The average Bonchev–Trinajstić information content (AvgIpc) is 2.63. The number of nitrogens with one attached hydrogen (secondary N) is 1. The number of hydrogen-bond donors (Lipinski definition) is 1. The largest absolute Gasteiger partial charge is 0.316 e. The average molecular weight is 203 g/mol. The number of hydrogen-bond acceptors (Lipinski definition) is 1. The van der Waals surface area contributed by atoms with Crippen LogP contribution in [0.4, 0.5) is 0 Å². The zero-order valence-corrected chi connectivity index (χ0v) is 10.1. The maximum absolute atomic E-state index is 3.44. The van der Waals surface area contributed by atoms with Crippen molar-refractivity contribution in [1.29, 1.82) is 0 Å². The molecule has 0 saturated carbocycles. The van der Waals surface area contributed by atoms with E-state index in [0.29, 0.717) is 0 Å². The summed E-state index contributed by atoms with van der Waals surface area (Å²) in [6.45, 7) is 9.08. The molecule has 1 aromatic rings. The molecule has 1 unspecified atom stereocenters. The van der Waals surface area contributed by atoms with E-state index in [1.807, 2.05) is 0 Å². The van der Waals surface area contributed by atoms with Crippen molar-refractivity contribution in [3.8, 4) is 0 Å². The number of rotatable bonds is 2. The Bertz CT molecular complexity index is 325. The van der Waals surface area contributed by atoms with Crippen LogP contribution in [0.5, 0.6) is 0 Å². The van der Waals surface area contributed by atoms with Gasteiger partial charge in [-0.05, 0) is 69.3 Å². The second-order valence-electron chi connectivity index (χ2n) is 4.94.